The minimum Gasteiger partial charge on any atom is -0.316 e. The minimum atomic E-state index is 0.434. The van der Waals surface area contributed by atoms with Gasteiger partial charge in [-0.2, -0.15) is 0 Å². The van der Waals surface area contributed by atoms with Crippen molar-refractivity contribution in [1.82, 2.24) is 5.32 Å². The molecule has 1 N–H and O–H groups in total. The lowest BCUT2D eigenvalue weighted by atomic mass is 9.88. The summed E-state index contributed by atoms with van der Waals surface area (Å²) in [5, 5.41) is 3.63. The highest BCUT2D eigenvalue weighted by molar-refractivity contribution is 6.18. The predicted molar refractivity (Wildman–Crippen MR) is 77.9 cm³/mol. The van der Waals surface area contributed by atoms with E-state index in [4.69, 9.17) is 11.6 Å². The van der Waals surface area contributed by atoms with Crippen molar-refractivity contribution in [3.63, 3.8) is 0 Å². The minimum absolute atomic E-state index is 0.434. The van der Waals surface area contributed by atoms with Crippen LogP contribution in [0, 0.1) is 5.41 Å². The fourth-order valence-electron chi connectivity index (χ4n) is 2.87. The first-order chi connectivity index (χ1) is 8.33. The second-order valence-electron chi connectivity index (χ2n) is 5.79. The smallest absolute Gasteiger partial charge is 0.0292 e. The average molecular weight is 260 g/mol. The highest BCUT2D eigenvalue weighted by atomic mass is 35.5. The zero-order valence-corrected chi connectivity index (χ0v) is 12.3. The van der Waals surface area contributed by atoms with Crippen molar-refractivity contribution in [3.8, 4) is 0 Å². The highest BCUT2D eigenvalue weighted by Gasteiger charge is 2.32. The highest BCUT2D eigenvalue weighted by Crippen LogP contribution is 2.38. The van der Waals surface area contributed by atoms with Gasteiger partial charge < -0.3 is 5.32 Å². The molecule has 1 aliphatic rings. The molecular weight excluding hydrogens is 230 g/mol. The Balaban J connectivity index is 1.92. The van der Waals surface area contributed by atoms with Gasteiger partial charge in [-0.1, -0.05) is 51.9 Å². The number of halogens is 1. The van der Waals surface area contributed by atoms with E-state index < -0.39 is 0 Å². The molecular formula is C15H30ClN. The van der Waals surface area contributed by atoms with Crippen LogP contribution >= 0.6 is 11.6 Å². The molecule has 0 saturated heterocycles. The Morgan fingerprint density at radius 2 is 1.65 bits per heavy atom. The zero-order chi connectivity index (χ0) is 12.4. The SMILES string of the molecule is CCCCCCCCNCC1(CCl)CCCC1. The van der Waals surface area contributed by atoms with Crippen LogP contribution in [0.25, 0.3) is 0 Å². The van der Waals surface area contributed by atoms with Crippen LogP contribution < -0.4 is 5.32 Å². The summed E-state index contributed by atoms with van der Waals surface area (Å²) >= 11 is 6.12. The Hall–Kier alpha value is 0.250. The van der Waals surface area contributed by atoms with E-state index in [9.17, 15) is 0 Å². The summed E-state index contributed by atoms with van der Waals surface area (Å²) in [5.41, 5.74) is 0.434. The van der Waals surface area contributed by atoms with E-state index in [1.54, 1.807) is 0 Å². The second-order valence-corrected chi connectivity index (χ2v) is 6.05. The Bertz CT molecular complexity index is 176. The van der Waals surface area contributed by atoms with Crippen LogP contribution in [-0.4, -0.2) is 19.0 Å². The van der Waals surface area contributed by atoms with E-state index in [0.29, 0.717) is 5.41 Å². The quantitative estimate of drug-likeness (QED) is 0.442. The number of unbranched alkanes of at least 4 members (excludes halogenated alkanes) is 5. The predicted octanol–water partition coefficient (Wildman–Crippen LogP) is 4.74. The van der Waals surface area contributed by atoms with Gasteiger partial charge in [0.05, 0.1) is 0 Å². The molecule has 1 fully saturated rings. The van der Waals surface area contributed by atoms with Gasteiger partial charge in [0.2, 0.25) is 0 Å². The van der Waals surface area contributed by atoms with Crippen molar-refractivity contribution in [1.29, 1.82) is 0 Å². The van der Waals surface area contributed by atoms with Crippen LogP contribution in [0.3, 0.4) is 0 Å². The van der Waals surface area contributed by atoms with Crippen molar-refractivity contribution in [2.45, 2.75) is 71.1 Å². The molecule has 0 atom stereocenters. The van der Waals surface area contributed by atoms with Crippen LogP contribution in [0.15, 0.2) is 0 Å². The Morgan fingerprint density at radius 1 is 1.00 bits per heavy atom. The summed E-state index contributed by atoms with van der Waals surface area (Å²) in [6, 6.07) is 0. The molecule has 1 nitrogen and oxygen atoms in total. The normalized spacial score (nSPS) is 18.7. The first-order valence-corrected chi connectivity index (χ1v) is 8.13. The summed E-state index contributed by atoms with van der Waals surface area (Å²) < 4.78 is 0. The van der Waals surface area contributed by atoms with Gasteiger partial charge >= 0.3 is 0 Å². The number of nitrogens with one attached hydrogen (secondary N) is 1. The number of alkyl halides is 1. The van der Waals surface area contributed by atoms with Crippen molar-refractivity contribution < 1.29 is 0 Å². The van der Waals surface area contributed by atoms with Gasteiger partial charge in [-0.25, -0.2) is 0 Å². The van der Waals surface area contributed by atoms with Crippen LogP contribution in [0.4, 0.5) is 0 Å². The standard InChI is InChI=1S/C15H30ClN/c1-2-3-4-5-6-9-12-17-14-15(13-16)10-7-8-11-15/h17H,2-14H2,1H3. The maximum Gasteiger partial charge on any atom is 0.0292 e. The summed E-state index contributed by atoms with van der Waals surface area (Å²) in [6.45, 7) is 4.60. The molecule has 0 bridgehead atoms. The Labute approximate surface area is 113 Å². The monoisotopic (exact) mass is 259 g/mol. The molecule has 0 heterocycles. The maximum absolute atomic E-state index is 6.12. The molecule has 1 aliphatic carbocycles. The van der Waals surface area contributed by atoms with Gasteiger partial charge in [0.15, 0.2) is 0 Å². The van der Waals surface area contributed by atoms with Gasteiger partial charge in [0.25, 0.3) is 0 Å². The molecule has 0 aromatic carbocycles. The molecule has 0 aromatic rings. The Kier molecular flexibility index (Phi) is 8.30. The lowest BCUT2D eigenvalue weighted by Gasteiger charge is -2.26. The largest absolute Gasteiger partial charge is 0.316 e. The summed E-state index contributed by atoms with van der Waals surface area (Å²) in [7, 11) is 0. The molecule has 0 aromatic heterocycles. The van der Waals surface area contributed by atoms with Crippen molar-refractivity contribution in [2.75, 3.05) is 19.0 Å². The van der Waals surface area contributed by atoms with Crippen LogP contribution in [0.1, 0.15) is 71.1 Å². The van der Waals surface area contributed by atoms with Crippen LogP contribution in [0.2, 0.25) is 0 Å². The van der Waals surface area contributed by atoms with Gasteiger partial charge in [-0.3, -0.25) is 0 Å². The van der Waals surface area contributed by atoms with Crippen molar-refractivity contribution >= 4 is 11.6 Å². The molecule has 0 unspecified atom stereocenters. The van der Waals surface area contributed by atoms with Gasteiger partial charge in [0.1, 0.15) is 0 Å². The van der Waals surface area contributed by atoms with E-state index in [-0.39, 0.29) is 0 Å². The third-order valence-electron chi connectivity index (χ3n) is 4.15. The lowest BCUT2D eigenvalue weighted by Crippen LogP contribution is -2.34. The van der Waals surface area contributed by atoms with Crippen LogP contribution in [0.5, 0.6) is 0 Å². The fraction of sp³-hybridized carbons (Fsp3) is 1.00. The third kappa shape index (κ3) is 6.10. The number of rotatable bonds is 10. The fourth-order valence-corrected chi connectivity index (χ4v) is 3.23. The van der Waals surface area contributed by atoms with Crippen molar-refractivity contribution in [2.24, 2.45) is 5.41 Å². The lowest BCUT2D eigenvalue weighted by molar-refractivity contribution is 0.320. The second kappa shape index (κ2) is 9.22. The summed E-state index contributed by atoms with van der Waals surface area (Å²) in [5.74, 6) is 0.844. The summed E-state index contributed by atoms with van der Waals surface area (Å²) in [6.07, 6.45) is 13.7. The van der Waals surface area contributed by atoms with E-state index in [1.807, 2.05) is 0 Å². The van der Waals surface area contributed by atoms with E-state index in [0.717, 1.165) is 12.4 Å². The average Bonchev–Trinajstić information content (AvgIpc) is 2.82. The van der Waals surface area contributed by atoms with Crippen LogP contribution in [-0.2, 0) is 0 Å². The molecule has 0 amide bonds. The first kappa shape index (κ1) is 15.3. The molecule has 1 rings (SSSR count). The van der Waals surface area contributed by atoms with E-state index in [2.05, 4.69) is 12.2 Å². The molecule has 0 aliphatic heterocycles. The molecule has 102 valence electrons. The number of hydrogen-bond donors (Lipinski definition) is 1. The van der Waals surface area contributed by atoms with E-state index >= 15 is 0 Å². The van der Waals surface area contributed by atoms with Crippen molar-refractivity contribution in [3.05, 3.63) is 0 Å². The van der Waals surface area contributed by atoms with Gasteiger partial charge in [-0.15, -0.1) is 11.6 Å². The molecule has 2 heteroatoms. The topological polar surface area (TPSA) is 12.0 Å². The molecule has 0 radical (unpaired) electrons. The van der Waals surface area contributed by atoms with Gasteiger partial charge in [0, 0.05) is 12.4 Å². The molecule has 17 heavy (non-hydrogen) atoms. The Morgan fingerprint density at radius 3 is 2.29 bits per heavy atom. The summed E-state index contributed by atoms with van der Waals surface area (Å²) in [4.78, 5) is 0. The van der Waals surface area contributed by atoms with E-state index in [1.165, 1.54) is 70.8 Å². The first-order valence-electron chi connectivity index (χ1n) is 7.60. The number of hydrogen-bond acceptors (Lipinski definition) is 1. The molecule has 0 spiro atoms. The zero-order valence-electron chi connectivity index (χ0n) is 11.6. The molecule has 1 saturated carbocycles. The third-order valence-corrected chi connectivity index (χ3v) is 4.72. The maximum atomic E-state index is 6.12. The van der Waals surface area contributed by atoms with Gasteiger partial charge in [-0.05, 0) is 31.2 Å².